The minimum Gasteiger partial charge on any atom is -0.347 e. The van der Waals surface area contributed by atoms with Gasteiger partial charge in [-0.2, -0.15) is 9.71 Å². The molecule has 0 aliphatic carbocycles. The monoisotopic (exact) mass is 422 g/mol. The SMILES string of the molecule is Cc1ccc(S(=O)(=O)NC(CC(C)C)C(=O)NCc2noc(C(C)(C)C)n2)cc1. The average Bonchev–Trinajstić information content (AvgIpc) is 3.08. The Labute approximate surface area is 172 Å². The summed E-state index contributed by atoms with van der Waals surface area (Å²) in [6, 6.07) is 5.57. The standard InChI is InChI=1S/C20H30N4O4S/c1-13(2)11-16(24-29(26,27)15-9-7-14(3)8-10-15)18(25)21-12-17-22-19(28-23-17)20(4,5)6/h7-10,13,16,24H,11-12H2,1-6H3,(H,21,25). The first-order valence-corrected chi connectivity index (χ1v) is 11.1. The first-order chi connectivity index (χ1) is 13.4. The van der Waals surface area contributed by atoms with Crippen LogP contribution in [0, 0.1) is 12.8 Å². The maximum atomic E-state index is 12.7. The molecule has 1 aromatic carbocycles. The molecule has 1 unspecified atom stereocenters. The summed E-state index contributed by atoms with van der Waals surface area (Å²) < 4.78 is 33.1. The van der Waals surface area contributed by atoms with Crippen molar-refractivity contribution < 1.29 is 17.7 Å². The van der Waals surface area contributed by atoms with Gasteiger partial charge in [0.15, 0.2) is 5.82 Å². The summed E-state index contributed by atoms with van der Waals surface area (Å²) >= 11 is 0. The van der Waals surface area contributed by atoms with Crippen LogP contribution in [-0.2, 0) is 26.8 Å². The van der Waals surface area contributed by atoms with E-state index in [9.17, 15) is 13.2 Å². The number of hydrogen-bond donors (Lipinski definition) is 2. The Kier molecular flexibility index (Phi) is 7.18. The predicted molar refractivity (Wildman–Crippen MR) is 110 cm³/mol. The molecule has 0 aliphatic heterocycles. The highest BCUT2D eigenvalue weighted by Crippen LogP contribution is 2.19. The molecule has 9 heteroatoms. The summed E-state index contributed by atoms with van der Waals surface area (Å²) in [4.78, 5) is 17.1. The summed E-state index contributed by atoms with van der Waals surface area (Å²) in [6.07, 6.45) is 0.358. The molecule has 1 atom stereocenters. The molecule has 0 saturated heterocycles. The molecule has 0 bridgehead atoms. The fraction of sp³-hybridized carbons (Fsp3) is 0.550. The van der Waals surface area contributed by atoms with Crippen molar-refractivity contribution in [1.29, 1.82) is 0 Å². The van der Waals surface area contributed by atoms with Crippen LogP contribution in [0.2, 0.25) is 0 Å². The van der Waals surface area contributed by atoms with Crippen molar-refractivity contribution in [1.82, 2.24) is 20.2 Å². The van der Waals surface area contributed by atoms with E-state index in [4.69, 9.17) is 4.52 Å². The number of rotatable bonds is 8. The molecule has 1 aromatic heterocycles. The Hall–Kier alpha value is -2.26. The van der Waals surface area contributed by atoms with Gasteiger partial charge in [0.25, 0.3) is 0 Å². The topological polar surface area (TPSA) is 114 Å². The van der Waals surface area contributed by atoms with E-state index in [0.29, 0.717) is 18.1 Å². The fourth-order valence-corrected chi connectivity index (χ4v) is 3.78. The highest BCUT2D eigenvalue weighted by Gasteiger charge is 2.27. The highest BCUT2D eigenvalue weighted by atomic mass is 32.2. The Bertz CT molecular complexity index is 928. The third-order valence-corrected chi connectivity index (χ3v) is 5.67. The summed E-state index contributed by atoms with van der Waals surface area (Å²) in [6.45, 7) is 11.6. The van der Waals surface area contributed by atoms with Gasteiger partial charge in [-0.3, -0.25) is 4.79 Å². The smallest absolute Gasteiger partial charge is 0.241 e. The molecule has 8 nitrogen and oxygen atoms in total. The van der Waals surface area contributed by atoms with Crippen LogP contribution in [0.15, 0.2) is 33.7 Å². The first-order valence-electron chi connectivity index (χ1n) is 9.58. The quantitative estimate of drug-likeness (QED) is 0.676. The Morgan fingerprint density at radius 3 is 2.31 bits per heavy atom. The molecule has 0 radical (unpaired) electrons. The number of carbonyl (C=O) groups is 1. The van der Waals surface area contributed by atoms with E-state index in [-0.39, 0.29) is 22.8 Å². The second-order valence-electron chi connectivity index (χ2n) is 8.60. The number of hydrogen-bond acceptors (Lipinski definition) is 6. The van der Waals surface area contributed by atoms with E-state index in [1.807, 2.05) is 41.5 Å². The maximum absolute atomic E-state index is 12.7. The van der Waals surface area contributed by atoms with Crippen molar-refractivity contribution in [2.45, 2.75) is 70.9 Å². The van der Waals surface area contributed by atoms with Gasteiger partial charge in [-0.25, -0.2) is 8.42 Å². The van der Waals surface area contributed by atoms with E-state index in [1.54, 1.807) is 12.1 Å². The van der Waals surface area contributed by atoms with Crippen molar-refractivity contribution in [3.8, 4) is 0 Å². The van der Waals surface area contributed by atoms with Gasteiger partial charge < -0.3 is 9.84 Å². The number of nitrogens with zero attached hydrogens (tertiary/aromatic N) is 2. The lowest BCUT2D eigenvalue weighted by Crippen LogP contribution is -2.47. The third-order valence-electron chi connectivity index (χ3n) is 4.18. The second-order valence-corrected chi connectivity index (χ2v) is 10.3. The normalized spacial score (nSPS) is 13.5. The molecule has 2 aromatic rings. The van der Waals surface area contributed by atoms with Crippen LogP contribution in [-0.4, -0.2) is 30.5 Å². The largest absolute Gasteiger partial charge is 0.347 e. The number of carbonyl (C=O) groups excluding carboxylic acids is 1. The molecule has 1 amide bonds. The lowest BCUT2D eigenvalue weighted by molar-refractivity contribution is -0.123. The Morgan fingerprint density at radius 1 is 1.17 bits per heavy atom. The van der Waals surface area contributed by atoms with E-state index in [0.717, 1.165) is 5.56 Å². The molecule has 29 heavy (non-hydrogen) atoms. The van der Waals surface area contributed by atoms with Crippen molar-refractivity contribution >= 4 is 15.9 Å². The lowest BCUT2D eigenvalue weighted by atomic mass is 9.97. The molecule has 2 rings (SSSR count). The highest BCUT2D eigenvalue weighted by molar-refractivity contribution is 7.89. The fourth-order valence-electron chi connectivity index (χ4n) is 2.57. The number of benzene rings is 1. The van der Waals surface area contributed by atoms with E-state index < -0.39 is 22.0 Å². The summed E-state index contributed by atoms with van der Waals surface area (Å²) in [5.41, 5.74) is 0.661. The van der Waals surface area contributed by atoms with Crippen LogP contribution >= 0.6 is 0 Å². The van der Waals surface area contributed by atoms with E-state index >= 15 is 0 Å². The minimum absolute atomic E-state index is 0.0548. The van der Waals surface area contributed by atoms with Crippen LogP contribution in [0.5, 0.6) is 0 Å². The molecule has 0 saturated carbocycles. The minimum atomic E-state index is -3.83. The molecule has 160 valence electrons. The van der Waals surface area contributed by atoms with Gasteiger partial charge in [0.1, 0.15) is 6.04 Å². The number of amides is 1. The average molecular weight is 423 g/mol. The predicted octanol–water partition coefficient (Wildman–Crippen LogP) is 2.68. The zero-order valence-electron chi connectivity index (χ0n) is 17.8. The van der Waals surface area contributed by atoms with E-state index in [1.165, 1.54) is 12.1 Å². The maximum Gasteiger partial charge on any atom is 0.241 e. The van der Waals surface area contributed by atoms with Gasteiger partial charge in [0.2, 0.25) is 21.8 Å². The Balaban J connectivity index is 2.09. The van der Waals surface area contributed by atoms with Gasteiger partial charge in [-0.05, 0) is 31.4 Å². The van der Waals surface area contributed by atoms with Gasteiger partial charge >= 0.3 is 0 Å². The lowest BCUT2D eigenvalue weighted by Gasteiger charge is -2.20. The van der Waals surface area contributed by atoms with Gasteiger partial charge in [0, 0.05) is 5.41 Å². The zero-order valence-corrected chi connectivity index (χ0v) is 18.6. The molecule has 0 spiro atoms. The van der Waals surface area contributed by atoms with Crippen LogP contribution in [0.4, 0.5) is 0 Å². The van der Waals surface area contributed by atoms with E-state index in [2.05, 4.69) is 20.2 Å². The molecular formula is C20H30N4O4S. The van der Waals surface area contributed by atoms with Crippen molar-refractivity contribution in [3.63, 3.8) is 0 Å². The molecule has 0 fully saturated rings. The Morgan fingerprint density at radius 2 is 1.79 bits per heavy atom. The van der Waals surface area contributed by atoms with Crippen LogP contribution in [0.3, 0.4) is 0 Å². The molecule has 2 N–H and O–H groups in total. The number of aryl methyl sites for hydroxylation is 1. The zero-order chi connectivity index (χ0) is 21.8. The van der Waals surface area contributed by atoms with Crippen LogP contribution < -0.4 is 10.0 Å². The number of sulfonamides is 1. The van der Waals surface area contributed by atoms with Gasteiger partial charge in [0.05, 0.1) is 11.4 Å². The van der Waals surface area contributed by atoms with Gasteiger partial charge in [-0.1, -0.05) is 57.5 Å². The second kappa shape index (κ2) is 9.04. The summed E-state index contributed by atoms with van der Waals surface area (Å²) in [7, 11) is -3.83. The molecule has 1 heterocycles. The first kappa shape index (κ1) is 23.0. The summed E-state index contributed by atoms with van der Waals surface area (Å²) in [5, 5.41) is 6.57. The molecular weight excluding hydrogens is 392 g/mol. The van der Waals surface area contributed by atoms with Crippen LogP contribution in [0.25, 0.3) is 0 Å². The van der Waals surface area contributed by atoms with Crippen molar-refractivity contribution in [2.24, 2.45) is 5.92 Å². The van der Waals surface area contributed by atoms with Crippen LogP contribution in [0.1, 0.15) is 58.3 Å². The van der Waals surface area contributed by atoms with Gasteiger partial charge in [-0.15, -0.1) is 0 Å². The van der Waals surface area contributed by atoms with Crippen molar-refractivity contribution in [3.05, 3.63) is 41.5 Å². The summed E-state index contributed by atoms with van der Waals surface area (Å²) in [5.74, 6) is 0.495. The third kappa shape index (κ3) is 6.64. The number of nitrogens with one attached hydrogen (secondary N) is 2. The van der Waals surface area contributed by atoms with Crippen molar-refractivity contribution in [2.75, 3.05) is 0 Å². The number of aromatic nitrogens is 2. The molecule has 0 aliphatic rings.